The summed E-state index contributed by atoms with van der Waals surface area (Å²) in [6, 6.07) is 0. The van der Waals surface area contributed by atoms with Crippen LogP contribution < -0.4 is 5.32 Å². The summed E-state index contributed by atoms with van der Waals surface area (Å²) in [7, 11) is 0. The van der Waals surface area contributed by atoms with Gasteiger partial charge in [-0.1, -0.05) is 60.1 Å². The van der Waals surface area contributed by atoms with Crippen molar-refractivity contribution in [3.05, 3.63) is 11.6 Å². The van der Waals surface area contributed by atoms with Gasteiger partial charge >= 0.3 is 0 Å². The van der Waals surface area contributed by atoms with Crippen molar-refractivity contribution < 1.29 is 14.6 Å². The van der Waals surface area contributed by atoms with Crippen molar-refractivity contribution in [2.45, 2.75) is 131 Å². The lowest BCUT2D eigenvalue weighted by Crippen LogP contribution is -2.68. The number of fused-ring (bicyclic) bond motifs is 7. The Morgan fingerprint density at radius 1 is 0.921 bits per heavy atom. The van der Waals surface area contributed by atoms with Gasteiger partial charge < -0.3 is 15.2 Å². The maximum atomic E-state index is 13.5. The van der Waals surface area contributed by atoms with Crippen LogP contribution in [0.5, 0.6) is 0 Å². The molecule has 38 heavy (non-hydrogen) atoms. The Kier molecular flexibility index (Phi) is 6.16. The van der Waals surface area contributed by atoms with Crippen LogP contribution in [0.4, 0.5) is 0 Å². The van der Waals surface area contributed by atoms with Crippen LogP contribution in [-0.4, -0.2) is 35.9 Å². The number of allylic oxidation sites excluding steroid dienone is 1. The normalized spacial score (nSPS) is 51.1. The second kappa shape index (κ2) is 8.57. The molecule has 0 bridgehead atoms. The highest BCUT2D eigenvalue weighted by molar-refractivity contribution is 5.80. The Hall–Kier alpha value is -0.870. The van der Waals surface area contributed by atoms with Gasteiger partial charge in [0, 0.05) is 18.1 Å². The molecule has 6 aliphatic rings. The van der Waals surface area contributed by atoms with Gasteiger partial charge in [0.2, 0.25) is 5.91 Å². The number of carbonyl (C=O) groups excluding carboxylic acids is 1. The van der Waals surface area contributed by atoms with Crippen molar-refractivity contribution in [1.29, 1.82) is 0 Å². The molecule has 5 fully saturated rings. The molecule has 4 nitrogen and oxygen atoms in total. The van der Waals surface area contributed by atoms with Gasteiger partial charge in [-0.3, -0.25) is 4.79 Å². The highest BCUT2D eigenvalue weighted by Crippen LogP contribution is 2.74. The summed E-state index contributed by atoms with van der Waals surface area (Å²) in [5, 5.41) is 14.7. The van der Waals surface area contributed by atoms with Gasteiger partial charge in [-0.05, 0) is 110 Å². The highest BCUT2D eigenvalue weighted by atomic mass is 16.5. The molecule has 4 heteroatoms. The minimum Gasteiger partial charge on any atom is -0.393 e. The number of ether oxygens (including phenoxy) is 1. The number of rotatable bonds is 2. The van der Waals surface area contributed by atoms with Crippen LogP contribution in [-0.2, 0) is 9.53 Å². The zero-order chi connectivity index (χ0) is 27.4. The van der Waals surface area contributed by atoms with Crippen molar-refractivity contribution in [3.63, 3.8) is 0 Å². The molecular weight excluding hydrogens is 470 g/mol. The number of hydrogen-bond donors (Lipinski definition) is 2. The van der Waals surface area contributed by atoms with Crippen molar-refractivity contribution in [2.24, 2.45) is 50.7 Å². The van der Waals surface area contributed by atoms with E-state index in [0.717, 1.165) is 45.1 Å². The van der Waals surface area contributed by atoms with Crippen LogP contribution in [0.2, 0.25) is 0 Å². The second-order valence-electron chi connectivity index (χ2n) is 16.8. The highest BCUT2D eigenvalue weighted by Gasteiger charge is 2.68. The molecule has 1 amide bonds. The first kappa shape index (κ1) is 27.3. The molecule has 214 valence electrons. The van der Waals surface area contributed by atoms with Gasteiger partial charge in [0.15, 0.2) is 0 Å². The van der Waals surface area contributed by atoms with Gasteiger partial charge in [0.1, 0.15) is 0 Å². The molecule has 0 aromatic rings. The molecule has 1 saturated heterocycles. The fourth-order valence-corrected chi connectivity index (χ4v) is 11.6. The standard InChI is InChI=1S/C34H55NO3/c1-29(2)15-17-34(35-28(37)22-12-19-38-21-22)18-16-32(6)23(24(34)20-29)8-9-26-31(5)13-11-27(36)30(3,4)25(31)10-14-33(26,32)7/h8,22,24-27,36H,9-21H2,1-7H3,(H,35,37)/t22?,24-,25-,26+,27-,31-,32+,33+,34-/m0/s1. The second-order valence-corrected chi connectivity index (χ2v) is 16.8. The molecule has 6 rings (SSSR count). The Bertz CT molecular complexity index is 1010. The molecule has 1 unspecified atom stereocenters. The third kappa shape index (κ3) is 3.63. The van der Waals surface area contributed by atoms with Gasteiger partial charge in [0.25, 0.3) is 0 Å². The SMILES string of the molecule is CC1(C)CC[C@]2(NC(=O)C3CCOC3)CC[C@]3(C)C(=CC[C@@H]4[C@@]5(C)CC[C@H](O)C(C)(C)[C@@H]5CC[C@]43C)[C@@H]2C1. The lowest BCUT2D eigenvalue weighted by molar-refractivity contribution is -0.201. The van der Waals surface area contributed by atoms with Crippen LogP contribution >= 0.6 is 0 Å². The third-order valence-electron chi connectivity index (χ3n) is 14.3. The van der Waals surface area contributed by atoms with Crippen LogP contribution in [0, 0.1) is 50.7 Å². The molecule has 9 atom stereocenters. The van der Waals surface area contributed by atoms with Crippen LogP contribution in [0.3, 0.4) is 0 Å². The van der Waals surface area contributed by atoms with E-state index in [2.05, 4.69) is 59.9 Å². The van der Waals surface area contributed by atoms with E-state index in [-0.39, 0.29) is 45.1 Å². The zero-order valence-electron chi connectivity index (χ0n) is 25.4. The average Bonchev–Trinajstić information content (AvgIpc) is 3.38. The molecule has 0 radical (unpaired) electrons. The average molecular weight is 526 g/mol. The van der Waals surface area contributed by atoms with Gasteiger partial charge in [-0.15, -0.1) is 0 Å². The van der Waals surface area contributed by atoms with Gasteiger partial charge in [0.05, 0.1) is 18.6 Å². The van der Waals surface area contributed by atoms with E-state index in [1.807, 2.05) is 0 Å². The maximum Gasteiger partial charge on any atom is 0.225 e. The molecular formula is C34H55NO3. The Morgan fingerprint density at radius 2 is 1.66 bits per heavy atom. The largest absolute Gasteiger partial charge is 0.393 e. The van der Waals surface area contributed by atoms with Crippen LogP contribution in [0.15, 0.2) is 11.6 Å². The molecule has 0 aromatic heterocycles. The van der Waals surface area contributed by atoms with E-state index < -0.39 is 0 Å². The van der Waals surface area contributed by atoms with Crippen LogP contribution in [0.25, 0.3) is 0 Å². The summed E-state index contributed by atoms with van der Waals surface area (Å²) in [6.07, 6.45) is 14.9. The molecule has 1 heterocycles. The molecule has 1 aliphatic heterocycles. The Labute approximate surface area is 232 Å². The number of carbonyl (C=O) groups is 1. The summed E-state index contributed by atoms with van der Waals surface area (Å²) in [6.45, 7) is 18.7. The number of nitrogens with one attached hydrogen (secondary N) is 1. The fraction of sp³-hybridized carbons (Fsp3) is 0.912. The third-order valence-corrected chi connectivity index (χ3v) is 14.3. The monoisotopic (exact) mass is 525 g/mol. The summed E-state index contributed by atoms with van der Waals surface area (Å²) in [5.41, 5.74) is 2.60. The maximum absolute atomic E-state index is 13.5. The van der Waals surface area contributed by atoms with E-state index in [4.69, 9.17) is 4.74 Å². The smallest absolute Gasteiger partial charge is 0.225 e. The molecule has 4 saturated carbocycles. The lowest BCUT2D eigenvalue weighted by Gasteiger charge is -2.71. The number of aliphatic hydroxyl groups excluding tert-OH is 1. The predicted octanol–water partition coefficient (Wildman–Crippen LogP) is 7.05. The summed E-state index contributed by atoms with van der Waals surface area (Å²) in [5.74, 6) is 1.94. The van der Waals surface area contributed by atoms with E-state index in [1.54, 1.807) is 5.57 Å². The minimum absolute atomic E-state index is 0.0113. The van der Waals surface area contributed by atoms with Crippen molar-refractivity contribution in [1.82, 2.24) is 5.32 Å². The molecule has 0 spiro atoms. The zero-order valence-corrected chi connectivity index (χ0v) is 25.4. The summed E-state index contributed by atoms with van der Waals surface area (Å²) >= 11 is 0. The molecule has 5 aliphatic carbocycles. The van der Waals surface area contributed by atoms with E-state index in [9.17, 15) is 9.90 Å². The van der Waals surface area contributed by atoms with E-state index in [0.29, 0.717) is 29.8 Å². The van der Waals surface area contributed by atoms with Gasteiger partial charge in [-0.2, -0.15) is 0 Å². The first-order valence-corrected chi connectivity index (χ1v) is 16.0. The first-order valence-electron chi connectivity index (χ1n) is 16.0. The van der Waals surface area contributed by atoms with Gasteiger partial charge in [-0.25, -0.2) is 0 Å². The van der Waals surface area contributed by atoms with Crippen molar-refractivity contribution in [3.8, 4) is 0 Å². The number of aliphatic hydroxyl groups is 1. The van der Waals surface area contributed by atoms with E-state index in [1.165, 1.54) is 32.1 Å². The first-order chi connectivity index (χ1) is 17.7. The van der Waals surface area contributed by atoms with Crippen molar-refractivity contribution in [2.75, 3.05) is 13.2 Å². The Balaban J connectivity index is 1.38. The Morgan fingerprint density at radius 3 is 2.37 bits per heavy atom. The summed E-state index contributed by atoms with van der Waals surface area (Å²) < 4.78 is 5.59. The topological polar surface area (TPSA) is 58.6 Å². The molecule has 0 aromatic carbocycles. The quantitative estimate of drug-likeness (QED) is 0.380. The molecule has 2 N–H and O–H groups in total. The number of amides is 1. The van der Waals surface area contributed by atoms with Crippen molar-refractivity contribution >= 4 is 5.91 Å². The number of hydrogen-bond acceptors (Lipinski definition) is 3. The van der Waals surface area contributed by atoms with Crippen LogP contribution in [0.1, 0.15) is 119 Å². The fourth-order valence-electron chi connectivity index (χ4n) is 11.6. The minimum atomic E-state index is -0.177. The van der Waals surface area contributed by atoms with E-state index >= 15 is 0 Å². The lowest BCUT2D eigenvalue weighted by atomic mass is 9.34. The summed E-state index contributed by atoms with van der Waals surface area (Å²) in [4.78, 5) is 13.5. The predicted molar refractivity (Wildman–Crippen MR) is 152 cm³/mol.